The minimum absolute atomic E-state index is 0.256. The first kappa shape index (κ1) is 17.9. The highest BCUT2D eigenvalue weighted by Gasteiger charge is 2.02. The van der Waals surface area contributed by atoms with Gasteiger partial charge in [0.2, 0.25) is 0 Å². The molecule has 0 heterocycles. The summed E-state index contributed by atoms with van der Waals surface area (Å²) in [5.74, 6) is 0.461. The van der Waals surface area contributed by atoms with E-state index in [1.807, 2.05) is 13.0 Å². The second-order valence-corrected chi connectivity index (χ2v) is 5.36. The van der Waals surface area contributed by atoms with Gasteiger partial charge in [0.25, 0.3) is 0 Å². The Morgan fingerprint density at radius 2 is 2.14 bits per heavy atom. The summed E-state index contributed by atoms with van der Waals surface area (Å²) in [6.07, 6.45) is 2.05. The average Bonchev–Trinajstić information content (AvgIpc) is 2.49. The van der Waals surface area contributed by atoms with Crippen LogP contribution in [0.3, 0.4) is 0 Å². The molecule has 118 valence electrons. The third-order valence-electron chi connectivity index (χ3n) is 2.88. The van der Waals surface area contributed by atoms with Gasteiger partial charge >= 0.3 is 0 Å². The number of nitrogens with zero attached hydrogens (tertiary/aromatic N) is 1. The number of halogens is 2. The third kappa shape index (κ3) is 7.43. The van der Waals surface area contributed by atoms with Crippen molar-refractivity contribution in [2.45, 2.75) is 26.3 Å². The molecule has 0 saturated carbocycles. The van der Waals surface area contributed by atoms with Crippen molar-refractivity contribution in [2.24, 2.45) is 4.99 Å². The Kier molecular flexibility index (Phi) is 9.01. The molecule has 0 fully saturated rings. The van der Waals surface area contributed by atoms with Gasteiger partial charge in [0.15, 0.2) is 5.96 Å². The van der Waals surface area contributed by atoms with E-state index in [9.17, 15) is 4.39 Å². The van der Waals surface area contributed by atoms with Gasteiger partial charge < -0.3 is 15.4 Å². The Hall–Kier alpha value is -1.14. The van der Waals surface area contributed by atoms with Gasteiger partial charge in [-0.2, -0.15) is 0 Å². The molecule has 0 atom stereocenters. The number of ether oxygens (including phenoxy) is 1. The quantitative estimate of drug-likeness (QED) is 0.426. The largest absolute Gasteiger partial charge is 0.382 e. The molecule has 2 N–H and O–H groups in total. The Morgan fingerprint density at radius 3 is 2.81 bits per heavy atom. The van der Waals surface area contributed by atoms with Crippen molar-refractivity contribution in [3.05, 3.63) is 34.1 Å². The lowest BCUT2D eigenvalue weighted by Crippen LogP contribution is -2.37. The first-order chi connectivity index (χ1) is 10.2. The van der Waals surface area contributed by atoms with Gasteiger partial charge in [0.1, 0.15) is 5.82 Å². The van der Waals surface area contributed by atoms with Crippen LogP contribution < -0.4 is 10.6 Å². The standard InChI is InChI=1S/C15H23BrFN3O/c1-3-21-9-5-4-8-19-15(18-2)20-11-12-6-7-13(16)14(17)10-12/h6-7,10H,3-5,8-9,11H2,1-2H3,(H2,18,19,20). The Morgan fingerprint density at radius 1 is 1.33 bits per heavy atom. The molecule has 1 aromatic carbocycles. The number of unbranched alkanes of at least 4 members (excludes halogenated alkanes) is 1. The Bertz CT molecular complexity index is 455. The van der Waals surface area contributed by atoms with Crippen LogP contribution in [-0.4, -0.2) is 32.8 Å². The van der Waals surface area contributed by atoms with Gasteiger partial charge in [0.05, 0.1) is 4.47 Å². The molecule has 0 unspecified atom stereocenters. The maximum Gasteiger partial charge on any atom is 0.191 e. The van der Waals surface area contributed by atoms with Gasteiger partial charge in [-0.3, -0.25) is 4.99 Å². The predicted molar refractivity (Wildman–Crippen MR) is 88.0 cm³/mol. The van der Waals surface area contributed by atoms with Gasteiger partial charge in [-0.05, 0) is 53.4 Å². The van der Waals surface area contributed by atoms with Crippen LogP contribution >= 0.6 is 15.9 Å². The molecule has 21 heavy (non-hydrogen) atoms. The summed E-state index contributed by atoms with van der Waals surface area (Å²) in [5.41, 5.74) is 0.870. The summed E-state index contributed by atoms with van der Waals surface area (Å²) in [7, 11) is 1.72. The van der Waals surface area contributed by atoms with E-state index in [0.29, 0.717) is 11.0 Å². The summed E-state index contributed by atoms with van der Waals surface area (Å²) in [6.45, 7) is 4.92. The highest BCUT2D eigenvalue weighted by atomic mass is 79.9. The zero-order valence-electron chi connectivity index (χ0n) is 12.6. The summed E-state index contributed by atoms with van der Waals surface area (Å²) in [4.78, 5) is 4.14. The van der Waals surface area contributed by atoms with Crippen molar-refractivity contribution in [3.8, 4) is 0 Å². The molecule has 0 spiro atoms. The lowest BCUT2D eigenvalue weighted by atomic mass is 10.2. The van der Waals surface area contributed by atoms with Crippen LogP contribution in [0.5, 0.6) is 0 Å². The molecule has 0 radical (unpaired) electrons. The predicted octanol–water partition coefficient (Wildman–Crippen LogP) is 3.07. The zero-order valence-corrected chi connectivity index (χ0v) is 14.2. The molecule has 6 heteroatoms. The number of hydrogen-bond donors (Lipinski definition) is 2. The lowest BCUT2D eigenvalue weighted by Gasteiger charge is -2.12. The number of benzene rings is 1. The van der Waals surface area contributed by atoms with Crippen molar-refractivity contribution in [1.82, 2.24) is 10.6 Å². The topological polar surface area (TPSA) is 45.6 Å². The zero-order chi connectivity index (χ0) is 15.5. The van der Waals surface area contributed by atoms with E-state index in [2.05, 4.69) is 31.6 Å². The molecule has 4 nitrogen and oxygen atoms in total. The van der Waals surface area contributed by atoms with Gasteiger partial charge in [-0.1, -0.05) is 6.07 Å². The van der Waals surface area contributed by atoms with Crippen LogP contribution in [0.2, 0.25) is 0 Å². The molecule has 0 bridgehead atoms. The number of rotatable bonds is 8. The van der Waals surface area contributed by atoms with E-state index in [4.69, 9.17) is 4.74 Å². The van der Waals surface area contributed by atoms with Crippen molar-refractivity contribution in [1.29, 1.82) is 0 Å². The van der Waals surface area contributed by atoms with Crippen molar-refractivity contribution in [3.63, 3.8) is 0 Å². The molecule has 1 aromatic rings. The van der Waals surface area contributed by atoms with Crippen LogP contribution in [0.25, 0.3) is 0 Å². The van der Waals surface area contributed by atoms with Crippen LogP contribution in [0.1, 0.15) is 25.3 Å². The van der Waals surface area contributed by atoms with E-state index in [1.165, 1.54) is 6.07 Å². The smallest absolute Gasteiger partial charge is 0.191 e. The van der Waals surface area contributed by atoms with E-state index in [1.54, 1.807) is 13.1 Å². The van der Waals surface area contributed by atoms with Gasteiger partial charge in [-0.15, -0.1) is 0 Å². The highest BCUT2D eigenvalue weighted by Crippen LogP contribution is 2.16. The van der Waals surface area contributed by atoms with E-state index in [0.717, 1.165) is 44.1 Å². The normalized spacial score (nSPS) is 11.5. The van der Waals surface area contributed by atoms with E-state index < -0.39 is 0 Å². The molecule has 0 amide bonds. The number of aliphatic imine (C=N–C) groups is 1. The molecule has 0 aliphatic rings. The molecule has 0 aromatic heterocycles. The van der Waals surface area contributed by atoms with Crippen molar-refractivity contribution >= 4 is 21.9 Å². The van der Waals surface area contributed by atoms with Crippen LogP contribution in [0.4, 0.5) is 4.39 Å². The SMILES string of the molecule is CCOCCCCNC(=NC)NCc1ccc(Br)c(F)c1. The number of nitrogens with one attached hydrogen (secondary N) is 2. The lowest BCUT2D eigenvalue weighted by molar-refractivity contribution is 0.143. The molecule has 1 rings (SSSR count). The molecule has 0 aliphatic carbocycles. The van der Waals surface area contributed by atoms with Crippen LogP contribution in [0.15, 0.2) is 27.7 Å². The van der Waals surface area contributed by atoms with Crippen LogP contribution in [0, 0.1) is 5.82 Å². The summed E-state index contributed by atoms with van der Waals surface area (Å²) < 4.78 is 19.2. The minimum Gasteiger partial charge on any atom is -0.382 e. The van der Waals surface area contributed by atoms with Crippen molar-refractivity contribution < 1.29 is 9.13 Å². The minimum atomic E-state index is -0.256. The van der Waals surface area contributed by atoms with E-state index >= 15 is 0 Å². The fourth-order valence-corrected chi connectivity index (χ4v) is 1.98. The molecular formula is C15H23BrFN3O. The highest BCUT2D eigenvalue weighted by molar-refractivity contribution is 9.10. The molecular weight excluding hydrogens is 337 g/mol. The Balaban J connectivity index is 2.26. The van der Waals surface area contributed by atoms with E-state index in [-0.39, 0.29) is 5.82 Å². The first-order valence-corrected chi connectivity index (χ1v) is 7.92. The fourth-order valence-electron chi connectivity index (χ4n) is 1.74. The monoisotopic (exact) mass is 359 g/mol. The fraction of sp³-hybridized carbons (Fsp3) is 0.533. The second kappa shape index (κ2) is 10.6. The maximum absolute atomic E-state index is 13.4. The summed E-state index contributed by atoms with van der Waals surface area (Å²) in [5, 5.41) is 6.38. The average molecular weight is 360 g/mol. The third-order valence-corrected chi connectivity index (χ3v) is 3.52. The molecule has 0 aliphatic heterocycles. The second-order valence-electron chi connectivity index (χ2n) is 4.51. The molecule has 0 saturated heterocycles. The van der Waals surface area contributed by atoms with Crippen LogP contribution in [-0.2, 0) is 11.3 Å². The van der Waals surface area contributed by atoms with Gasteiger partial charge in [-0.25, -0.2) is 4.39 Å². The van der Waals surface area contributed by atoms with Crippen molar-refractivity contribution in [2.75, 3.05) is 26.8 Å². The summed E-state index contributed by atoms with van der Waals surface area (Å²) in [6, 6.07) is 5.08. The van der Waals surface area contributed by atoms with Gasteiger partial charge in [0, 0.05) is 33.4 Å². The first-order valence-electron chi connectivity index (χ1n) is 7.13. The number of hydrogen-bond acceptors (Lipinski definition) is 2. The number of guanidine groups is 1. The maximum atomic E-state index is 13.4. The summed E-state index contributed by atoms with van der Waals surface area (Å²) >= 11 is 3.14. The Labute approximate surface area is 134 Å².